The van der Waals surface area contributed by atoms with E-state index >= 15 is 0 Å². The van der Waals surface area contributed by atoms with Crippen molar-refractivity contribution < 1.29 is 9.53 Å². The zero-order valence-corrected chi connectivity index (χ0v) is 11.8. The van der Waals surface area contributed by atoms with Gasteiger partial charge in [-0.2, -0.15) is 11.3 Å². The number of nitrogens with zero attached hydrogens (tertiary/aromatic N) is 1. The predicted octanol–water partition coefficient (Wildman–Crippen LogP) is 1.62. The molecule has 1 saturated carbocycles. The molecule has 0 spiro atoms. The SMILES string of the molecule is O=C(CC1CNCCO1)N(Cc1ccsc1)C1CC1. The molecule has 1 aliphatic heterocycles. The summed E-state index contributed by atoms with van der Waals surface area (Å²) >= 11 is 1.69. The standard InChI is InChI=1S/C14H20N2O2S/c17-14(7-13-8-15-4-5-18-13)16(12-1-2-12)9-11-3-6-19-10-11/h3,6,10,12-13,15H,1-2,4-5,7-9H2. The highest BCUT2D eigenvalue weighted by molar-refractivity contribution is 7.07. The fourth-order valence-corrected chi connectivity index (χ4v) is 3.11. The van der Waals surface area contributed by atoms with Crippen LogP contribution in [0.4, 0.5) is 0 Å². The molecule has 1 aromatic heterocycles. The molecule has 2 fully saturated rings. The molecule has 1 N–H and O–H groups in total. The molecule has 0 aromatic carbocycles. The second-order valence-corrected chi connectivity index (χ2v) is 6.07. The van der Waals surface area contributed by atoms with Crippen molar-refractivity contribution in [2.45, 2.75) is 38.0 Å². The van der Waals surface area contributed by atoms with Crippen LogP contribution in [0.5, 0.6) is 0 Å². The maximum atomic E-state index is 12.4. The van der Waals surface area contributed by atoms with Crippen molar-refractivity contribution in [2.75, 3.05) is 19.7 Å². The van der Waals surface area contributed by atoms with Gasteiger partial charge in [-0.05, 0) is 35.2 Å². The zero-order chi connectivity index (χ0) is 13.1. The Bertz CT molecular complexity index is 411. The molecule has 1 amide bonds. The second-order valence-electron chi connectivity index (χ2n) is 5.29. The maximum Gasteiger partial charge on any atom is 0.225 e. The normalized spacial score (nSPS) is 23.3. The van der Waals surface area contributed by atoms with E-state index in [1.807, 2.05) is 4.90 Å². The van der Waals surface area contributed by atoms with Crippen LogP contribution >= 0.6 is 11.3 Å². The third-order valence-corrected chi connectivity index (χ3v) is 4.38. The van der Waals surface area contributed by atoms with Gasteiger partial charge >= 0.3 is 0 Å². The van der Waals surface area contributed by atoms with Gasteiger partial charge in [-0.1, -0.05) is 0 Å². The first kappa shape index (κ1) is 13.1. The second kappa shape index (κ2) is 6.03. The van der Waals surface area contributed by atoms with Crippen LogP contribution in [0.1, 0.15) is 24.8 Å². The lowest BCUT2D eigenvalue weighted by molar-refractivity contribution is -0.136. The average molecular weight is 280 g/mol. The summed E-state index contributed by atoms with van der Waals surface area (Å²) < 4.78 is 5.63. The summed E-state index contributed by atoms with van der Waals surface area (Å²) in [6.45, 7) is 3.16. The molecule has 1 saturated heterocycles. The van der Waals surface area contributed by atoms with Crippen molar-refractivity contribution in [1.82, 2.24) is 10.2 Å². The highest BCUT2D eigenvalue weighted by Gasteiger charge is 2.33. The summed E-state index contributed by atoms with van der Waals surface area (Å²) in [4.78, 5) is 14.5. The molecule has 2 aliphatic rings. The molecule has 1 aliphatic carbocycles. The zero-order valence-electron chi connectivity index (χ0n) is 11.0. The third kappa shape index (κ3) is 3.55. The van der Waals surface area contributed by atoms with Crippen molar-refractivity contribution in [3.63, 3.8) is 0 Å². The van der Waals surface area contributed by atoms with E-state index in [1.54, 1.807) is 11.3 Å². The first-order chi connectivity index (χ1) is 9.33. The summed E-state index contributed by atoms with van der Waals surface area (Å²) in [6.07, 6.45) is 2.86. The van der Waals surface area contributed by atoms with Crippen LogP contribution in [0.25, 0.3) is 0 Å². The molecule has 19 heavy (non-hydrogen) atoms. The third-order valence-electron chi connectivity index (χ3n) is 3.65. The van der Waals surface area contributed by atoms with Gasteiger partial charge in [0.05, 0.1) is 19.1 Å². The molecule has 0 radical (unpaired) electrons. The van der Waals surface area contributed by atoms with Crippen molar-refractivity contribution in [3.05, 3.63) is 22.4 Å². The van der Waals surface area contributed by atoms with Gasteiger partial charge in [0.2, 0.25) is 5.91 Å². The highest BCUT2D eigenvalue weighted by Crippen LogP contribution is 2.29. The number of ether oxygens (including phenoxy) is 1. The molecule has 5 heteroatoms. The van der Waals surface area contributed by atoms with Crippen LogP contribution in [0, 0.1) is 0 Å². The minimum Gasteiger partial charge on any atom is -0.375 e. The summed E-state index contributed by atoms with van der Waals surface area (Å²) in [5.74, 6) is 0.238. The molecule has 1 aromatic rings. The number of rotatable bonds is 5. The summed E-state index contributed by atoms with van der Waals surface area (Å²) in [7, 11) is 0. The predicted molar refractivity (Wildman–Crippen MR) is 75.1 cm³/mol. The average Bonchev–Trinajstić information content (AvgIpc) is 3.14. The highest BCUT2D eigenvalue weighted by atomic mass is 32.1. The fourth-order valence-electron chi connectivity index (χ4n) is 2.45. The molecular weight excluding hydrogens is 260 g/mol. The molecule has 4 nitrogen and oxygen atoms in total. The van der Waals surface area contributed by atoms with Crippen LogP contribution in [-0.4, -0.2) is 42.6 Å². The Hall–Kier alpha value is -0.910. The van der Waals surface area contributed by atoms with Crippen molar-refractivity contribution in [2.24, 2.45) is 0 Å². The quantitative estimate of drug-likeness (QED) is 0.891. The van der Waals surface area contributed by atoms with Gasteiger partial charge in [-0.15, -0.1) is 0 Å². The number of carbonyl (C=O) groups excluding carboxylic acids is 1. The van der Waals surface area contributed by atoms with Gasteiger partial charge in [-0.25, -0.2) is 0 Å². The minimum atomic E-state index is 0.0463. The van der Waals surface area contributed by atoms with E-state index in [-0.39, 0.29) is 12.0 Å². The van der Waals surface area contributed by atoms with Crippen LogP contribution in [0.15, 0.2) is 16.8 Å². The Kier molecular flexibility index (Phi) is 4.15. The lowest BCUT2D eigenvalue weighted by atomic mass is 10.2. The van der Waals surface area contributed by atoms with E-state index in [1.165, 1.54) is 5.56 Å². The Morgan fingerprint density at radius 3 is 3.05 bits per heavy atom. The lowest BCUT2D eigenvalue weighted by Crippen LogP contribution is -2.42. The Labute approximate surface area is 117 Å². The van der Waals surface area contributed by atoms with Crippen LogP contribution in [0.3, 0.4) is 0 Å². The van der Waals surface area contributed by atoms with Crippen LogP contribution in [0.2, 0.25) is 0 Å². The van der Waals surface area contributed by atoms with E-state index in [0.717, 1.165) is 32.5 Å². The Morgan fingerprint density at radius 1 is 1.53 bits per heavy atom. The fraction of sp³-hybridized carbons (Fsp3) is 0.643. The molecule has 2 heterocycles. The topological polar surface area (TPSA) is 41.6 Å². The van der Waals surface area contributed by atoms with E-state index in [0.29, 0.717) is 19.1 Å². The van der Waals surface area contributed by atoms with E-state index in [4.69, 9.17) is 4.74 Å². The minimum absolute atomic E-state index is 0.0463. The number of morpholine rings is 1. The smallest absolute Gasteiger partial charge is 0.225 e. The summed E-state index contributed by atoms with van der Waals surface area (Å²) in [5.41, 5.74) is 1.24. The monoisotopic (exact) mass is 280 g/mol. The van der Waals surface area contributed by atoms with Gasteiger partial charge in [-0.3, -0.25) is 4.79 Å². The van der Waals surface area contributed by atoms with Crippen molar-refractivity contribution >= 4 is 17.2 Å². The van der Waals surface area contributed by atoms with Gasteiger partial charge in [0.25, 0.3) is 0 Å². The van der Waals surface area contributed by atoms with E-state index in [9.17, 15) is 4.79 Å². The van der Waals surface area contributed by atoms with Gasteiger partial charge < -0.3 is 15.0 Å². The lowest BCUT2D eigenvalue weighted by Gasteiger charge is -2.27. The number of hydrogen-bond acceptors (Lipinski definition) is 4. The van der Waals surface area contributed by atoms with Crippen LogP contribution in [-0.2, 0) is 16.1 Å². The Morgan fingerprint density at radius 2 is 2.42 bits per heavy atom. The number of thiophene rings is 1. The van der Waals surface area contributed by atoms with Crippen molar-refractivity contribution in [3.8, 4) is 0 Å². The van der Waals surface area contributed by atoms with Gasteiger partial charge in [0.1, 0.15) is 0 Å². The van der Waals surface area contributed by atoms with Crippen LogP contribution < -0.4 is 5.32 Å². The number of carbonyl (C=O) groups is 1. The molecule has 0 bridgehead atoms. The number of hydrogen-bond donors (Lipinski definition) is 1. The molecule has 1 atom stereocenters. The molecular formula is C14H20N2O2S. The van der Waals surface area contributed by atoms with Gasteiger partial charge in [0, 0.05) is 25.7 Å². The Balaban J connectivity index is 1.57. The number of nitrogens with one attached hydrogen (secondary N) is 1. The van der Waals surface area contributed by atoms with E-state index < -0.39 is 0 Å². The largest absolute Gasteiger partial charge is 0.375 e. The van der Waals surface area contributed by atoms with Crippen molar-refractivity contribution in [1.29, 1.82) is 0 Å². The van der Waals surface area contributed by atoms with E-state index in [2.05, 4.69) is 22.1 Å². The molecule has 1 unspecified atom stereocenters. The maximum absolute atomic E-state index is 12.4. The first-order valence-electron chi connectivity index (χ1n) is 6.96. The van der Waals surface area contributed by atoms with Gasteiger partial charge in [0.15, 0.2) is 0 Å². The summed E-state index contributed by atoms with van der Waals surface area (Å²) in [6, 6.07) is 2.57. The molecule has 104 valence electrons. The summed E-state index contributed by atoms with van der Waals surface area (Å²) in [5, 5.41) is 7.47. The first-order valence-corrected chi connectivity index (χ1v) is 7.90. The molecule has 3 rings (SSSR count). The number of amides is 1.